The molecule has 2 atom stereocenters. The van der Waals surface area contributed by atoms with Crippen LogP contribution >= 0.6 is 11.3 Å². The van der Waals surface area contributed by atoms with Crippen molar-refractivity contribution in [1.29, 1.82) is 0 Å². The van der Waals surface area contributed by atoms with E-state index in [1.54, 1.807) is 18.4 Å². The third kappa shape index (κ3) is 3.48. The van der Waals surface area contributed by atoms with Crippen molar-refractivity contribution in [1.82, 2.24) is 14.8 Å². The van der Waals surface area contributed by atoms with E-state index in [0.29, 0.717) is 18.5 Å². The lowest BCUT2D eigenvalue weighted by Gasteiger charge is -2.35. The summed E-state index contributed by atoms with van der Waals surface area (Å²) >= 11 is 1.59. The molecule has 0 radical (unpaired) electrons. The zero-order valence-corrected chi connectivity index (χ0v) is 16.2. The number of amides is 1. The highest BCUT2D eigenvalue weighted by atomic mass is 32.1. The topological polar surface area (TPSA) is 45.7 Å². The van der Waals surface area contributed by atoms with Gasteiger partial charge in [0.05, 0.1) is 30.8 Å². The Hall–Kier alpha value is -1.92. The number of carbonyl (C=O) groups excluding carboxylic acids is 1. The molecule has 0 saturated carbocycles. The molecule has 0 unspecified atom stereocenters. The van der Waals surface area contributed by atoms with Gasteiger partial charge in [0.25, 0.3) is 0 Å². The summed E-state index contributed by atoms with van der Waals surface area (Å²) in [6.45, 7) is 5.41. The lowest BCUT2D eigenvalue weighted by Crippen LogP contribution is -2.47. The summed E-state index contributed by atoms with van der Waals surface area (Å²) in [6, 6.07) is 6.66. The van der Waals surface area contributed by atoms with Crippen LogP contribution in [0.4, 0.5) is 0 Å². The molecule has 1 amide bonds. The number of ether oxygens (including phenoxy) is 1. The maximum Gasteiger partial charge on any atom is 0.227 e. The normalized spacial score (nSPS) is 23.3. The number of aromatic nitrogens is 1. The third-order valence-electron chi connectivity index (χ3n) is 5.55. The van der Waals surface area contributed by atoms with Crippen LogP contribution in [0.5, 0.6) is 5.75 Å². The Morgan fingerprint density at radius 2 is 2.15 bits per heavy atom. The first-order valence-electron chi connectivity index (χ1n) is 9.17. The van der Waals surface area contributed by atoms with Crippen molar-refractivity contribution in [2.75, 3.05) is 20.2 Å². The van der Waals surface area contributed by atoms with Crippen LogP contribution in [-0.4, -0.2) is 46.9 Å². The fourth-order valence-corrected chi connectivity index (χ4v) is 4.80. The van der Waals surface area contributed by atoms with Gasteiger partial charge in [0.2, 0.25) is 5.91 Å². The van der Waals surface area contributed by atoms with Crippen molar-refractivity contribution in [3.05, 3.63) is 45.9 Å². The van der Waals surface area contributed by atoms with E-state index < -0.39 is 0 Å². The molecule has 6 heteroatoms. The number of hydrogen-bond acceptors (Lipinski definition) is 5. The number of rotatable bonds is 5. The van der Waals surface area contributed by atoms with Gasteiger partial charge < -0.3 is 9.64 Å². The Labute approximate surface area is 158 Å². The van der Waals surface area contributed by atoms with Gasteiger partial charge in [0, 0.05) is 31.1 Å². The highest BCUT2D eigenvalue weighted by Crippen LogP contribution is 2.31. The first-order chi connectivity index (χ1) is 12.6. The average Bonchev–Trinajstić information content (AvgIpc) is 3.01. The van der Waals surface area contributed by atoms with E-state index in [0.717, 1.165) is 49.5 Å². The van der Waals surface area contributed by atoms with E-state index in [2.05, 4.69) is 33.8 Å². The second-order valence-electron chi connectivity index (χ2n) is 7.37. The van der Waals surface area contributed by atoms with Gasteiger partial charge in [-0.2, -0.15) is 0 Å². The number of fused-ring (bicyclic) bond motifs is 4. The summed E-state index contributed by atoms with van der Waals surface area (Å²) < 4.78 is 5.36. The largest absolute Gasteiger partial charge is 0.496 e. The van der Waals surface area contributed by atoms with E-state index in [1.165, 1.54) is 5.56 Å². The van der Waals surface area contributed by atoms with Crippen LogP contribution in [0.25, 0.3) is 0 Å². The van der Waals surface area contributed by atoms with E-state index in [1.807, 2.05) is 17.0 Å². The molecule has 2 bridgehead atoms. The first kappa shape index (κ1) is 17.5. The second-order valence-corrected chi connectivity index (χ2v) is 8.09. The van der Waals surface area contributed by atoms with Crippen LogP contribution in [0.3, 0.4) is 0 Å². The monoisotopic (exact) mass is 371 g/mol. The van der Waals surface area contributed by atoms with Gasteiger partial charge in [-0.25, -0.2) is 4.98 Å². The van der Waals surface area contributed by atoms with Crippen LogP contribution in [0, 0.1) is 12.8 Å². The molecule has 0 spiro atoms. The molecule has 2 aromatic rings. The van der Waals surface area contributed by atoms with Crippen molar-refractivity contribution in [3.8, 4) is 5.75 Å². The van der Waals surface area contributed by atoms with Crippen molar-refractivity contribution in [3.63, 3.8) is 0 Å². The SMILES string of the molecule is COc1ccc(CN2C[C@@H]3CC[C@H](C2)N(Cc2cscn2)C3=O)cc1C. The summed E-state index contributed by atoms with van der Waals surface area (Å²) in [7, 11) is 1.71. The fourth-order valence-electron chi connectivity index (χ4n) is 4.25. The number of thiazole rings is 1. The quantitative estimate of drug-likeness (QED) is 0.810. The Bertz CT molecular complexity index is 777. The van der Waals surface area contributed by atoms with Crippen molar-refractivity contribution in [2.45, 2.75) is 38.9 Å². The number of hydrogen-bond donors (Lipinski definition) is 0. The Morgan fingerprint density at radius 1 is 1.27 bits per heavy atom. The molecule has 0 N–H and O–H groups in total. The molecule has 3 fully saturated rings. The number of carbonyl (C=O) groups is 1. The van der Waals surface area contributed by atoms with Gasteiger partial charge in [-0.1, -0.05) is 12.1 Å². The molecular weight excluding hydrogens is 346 g/mol. The molecule has 1 aromatic heterocycles. The number of benzene rings is 1. The molecule has 5 nitrogen and oxygen atoms in total. The summed E-state index contributed by atoms with van der Waals surface area (Å²) in [5, 5.41) is 2.05. The number of methoxy groups -OCH3 is 1. The minimum absolute atomic E-state index is 0.117. The van der Waals surface area contributed by atoms with Crippen molar-refractivity contribution < 1.29 is 9.53 Å². The van der Waals surface area contributed by atoms with Gasteiger partial charge in [0.1, 0.15) is 5.75 Å². The fraction of sp³-hybridized carbons (Fsp3) is 0.500. The molecule has 138 valence electrons. The van der Waals surface area contributed by atoms with Crippen LogP contribution in [-0.2, 0) is 17.9 Å². The van der Waals surface area contributed by atoms with Crippen molar-refractivity contribution in [2.24, 2.45) is 5.92 Å². The predicted octanol–water partition coefficient (Wildman–Crippen LogP) is 3.08. The molecular formula is C20H25N3O2S. The summed E-state index contributed by atoms with van der Waals surface area (Å²) in [4.78, 5) is 21.8. The maximum absolute atomic E-state index is 12.9. The predicted molar refractivity (Wildman–Crippen MR) is 102 cm³/mol. The van der Waals surface area contributed by atoms with E-state index in [9.17, 15) is 4.79 Å². The molecule has 4 heterocycles. The summed E-state index contributed by atoms with van der Waals surface area (Å²) in [5.41, 5.74) is 5.29. The van der Waals surface area contributed by atoms with E-state index in [-0.39, 0.29) is 5.92 Å². The highest BCUT2D eigenvalue weighted by Gasteiger charge is 2.40. The summed E-state index contributed by atoms with van der Waals surface area (Å²) in [6.07, 6.45) is 2.11. The first-order valence-corrected chi connectivity index (χ1v) is 10.1. The van der Waals surface area contributed by atoms with Crippen LogP contribution in [0.15, 0.2) is 29.1 Å². The van der Waals surface area contributed by atoms with Crippen molar-refractivity contribution >= 4 is 17.2 Å². The second kappa shape index (κ2) is 7.37. The van der Waals surface area contributed by atoms with E-state index in [4.69, 9.17) is 4.74 Å². The summed E-state index contributed by atoms with van der Waals surface area (Å²) in [5.74, 6) is 1.35. The Morgan fingerprint density at radius 3 is 2.88 bits per heavy atom. The standard InChI is InChI=1S/C20H25N3O2S/c1-14-7-15(3-6-19(14)25-2)8-22-9-16-4-5-18(11-22)23(20(16)24)10-17-12-26-13-21-17/h3,6-7,12-13,16,18H,4-5,8-11H2,1-2H3/t16-,18+/m0/s1. The maximum atomic E-state index is 12.9. The van der Waals surface area contributed by atoms with Gasteiger partial charge >= 0.3 is 0 Å². The van der Waals surface area contributed by atoms with Gasteiger partial charge in [-0.15, -0.1) is 11.3 Å². The number of aryl methyl sites for hydroxylation is 1. The van der Waals surface area contributed by atoms with E-state index >= 15 is 0 Å². The molecule has 26 heavy (non-hydrogen) atoms. The lowest BCUT2D eigenvalue weighted by atomic mass is 9.94. The lowest BCUT2D eigenvalue weighted by molar-refractivity contribution is -0.140. The molecule has 3 aliphatic rings. The van der Waals surface area contributed by atoms with Crippen LogP contribution in [0.2, 0.25) is 0 Å². The highest BCUT2D eigenvalue weighted by molar-refractivity contribution is 7.07. The van der Waals surface area contributed by atoms with Crippen LogP contribution in [0.1, 0.15) is 29.7 Å². The Balaban J connectivity index is 1.49. The molecule has 0 aliphatic carbocycles. The minimum Gasteiger partial charge on any atom is -0.496 e. The number of piperidine rings is 1. The minimum atomic E-state index is 0.117. The Kier molecular flexibility index (Phi) is 4.96. The molecule has 1 aromatic carbocycles. The number of nitrogens with zero attached hydrogens (tertiary/aromatic N) is 3. The molecule has 3 saturated heterocycles. The zero-order chi connectivity index (χ0) is 18.1. The molecule has 3 aliphatic heterocycles. The smallest absolute Gasteiger partial charge is 0.227 e. The zero-order valence-electron chi connectivity index (χ0n) is 15.4. The van der Waals surface area contributed by atoms with Gasteiger partial charge in [-0.05, 0) is 37.0 Å². The van der Waals surface area contributed by atoms with Crippen LogP contribution < -0.4 is 4.74 Å². The van der Waals surface area contributed by atoms with Gasteiger partial charge in [0.15, 0.2) is 0 Å². The third-order valence-corrected chi connectivity index (χ3v) is 6.19. The van der Waals surface area contributed by atoms with Gasteiger partial charge in [-0.3, -0.25) is 9.69 Å². The molecule has 5 rings (SSSR count). The average molecular weight is 372 g/mol.